The summed E-state index contributed by atoms with van der Waals surface area (Å²) in [5.74, 6) is -0.630. The number of amides is 2. The zero-order valence-corrected chi connectivity index (χ0v) is 16.5. The summed E-state index contributed by atoms with van der Waals surface area (Å²) in [6, 6.07) is 13.0. The van der Waals surface area contributed by atoms with Gasteiger partial charge < -0.3 is 14.6 Å². The molecule has 29 heavy (non-hydrogen) atoms. The van der Waals surface area contributed by atoms with Gasteiger partial charge in [0.05, 0.1) is 18.2 Å². The summed E-state index contributed by atoms with van der Waals surface area (Å²) in [5.41, 5.74) is 0.821. The third kappa shape index (κ3) is 4.40. The van der Waals surface area contributed by atoms with Crippen LogP contribution in [0.4, 0.5) is 4.39 Å². The molecule has 1 saturated heterocycles. The second kappa shape index (κ2) is 8.61. The quantitative estimate of drug-likeness (QED) is 0.682. The first-order chi connectivity index (χ1) is 14.1. The van der Waals surface area contributed by atoms with Crippen molar-refractivity contribution in [2.24, 2.45) is 5.92 Å². The molecule has 4 rings (SSSR count). The van der Waals surface area contributed by atoms with Gasteiger partial charge >= 0.3 is 0 Å². The number of halogens is 1. The number of furan rings is 1. The van der Waals surface area contributed by atoms with Crippen LogP contribution in [0.1, 0.15) is 39.9 Å². The van der Waals surface area contributed by atoms with Crippen molar-refractivity contribution in [1.29, 1.82) is 0 Å². The fourth-order valence-corrected chi connectivity index (χ4v) is 4.42. The number of nitrogens with one attached hydrogen (secondary N) is 1. The van der Waals surface area contributed by atoms with Crippen molar-refractivity contribution >= 4 is 23.2 Å². The number of likely N-dealkylation sites (tertiary alicyclic amines) is 1. The van der Waals surface area contributed by atoms with E-state index < -0.39 is 0 Å². The van der Waals surface area contributed by atoms with Crippen LogP contribution in [-0.4, -0.2) is 29.8 Å². The molecule has 1 fully saturated rings. The lowest BCUT2D eigenvalue weighted by Gasteiger charge is -2.32. The number of hydrogen-bond acceptors (Lipinski definition) is 4. The van der Waals surface area contributed by atoms with Crippen LogP contribution in [-0.2, 0) is 4.79 Å². The summed E-state index contributed by atoms with van der Waals surface area (Å²) in [4.78, 5) is 28.3. The highest BCUT2D eigenvalue weighted by Gasteiger charge is 2.31. The molecule has 0 bridgehead atoms. The number of carbonyl (C=O) groups excluding carboxylic acids is 2. The molecule has 2 amide bonds. The maximum atomic E-state index is 13.4. The van der Waals surface area contributed by atoms with Crippen molar-refractivity contribution < 1.29 is 18.4 Å². The SMILES string of the molecule is O=C(N[C@H](c1ccc(F)cc1)c1cccs1)[C@@H]1CCCN(C(=O)c2ccco2)C1. The van der Waals surface area contributed by atoms with Crippen LogP contribution in [0, 0.1) is 11.7 Å². The summed E-state index contributed by atoms with van der Waals surface area (Å²) < 4.78 is 18.6. The molecule has 3 aromatic rings. The number of hydrogen-bond donors (Lipinski definition) is 1. The number of nitrogens with zero attached hydrogens (tertiary/aromatic N) is 1. The van der Waals surface area contributed by atoms with Crippen LogP contribution in [0.25, 0.3) is 0 Å². The van der Waals surface area contributed by atoms with E-state index in [1.165, 1.54) is 29.7 Å². The van der Waals surface area contributed by atoms with Gasteiger partial charge in [-0.3, -0.25) is 9.59 Å². The van der Waals surface area contributed by atoms with Crippen LogP contribution >= 0.6 is 11.3 Å². The molecule has 150 valence electrons. The van der Waals surface area contributed by atoms with Gasteiger partial charge in [0.1, 0.15) is 5.82 Å². The van der Waals surface area contributed by atoms with Gasteiger partial charge in [0.25, 0.3) is 5.91 Å². The van der Waals surface area contributed by atoms with Crippen molar-refractivity contribution in [2.75, 3.05) is 13.1 Å². The topological polar surface area (TPSA) is 62.6 Å². The molecule has 0 aliphatic carbocycles. The molecule has 1 aliphatic heterocycles. The first-order valence-electron chi connectivity index (χ1n) is 9.54. The van der Waals surface area contributed by atoms with Crippen molar-refractivity contribution in [3.8, 4) is 0 Å². The highest BCUT2D eigenvalue weighted by Crippen LogP contribution is 2.28. The van der Waals surface area contributed by atoms with Crippen molar-refractivity contribution in [3.63, 3.8) is 0 Å². The van der Waals surface area contributed by atoms with Gasteiger partial charge in [-0.15, -0.1) is 11.3 Å². The van der Waals surface area contributed by atoms with Crippen LogP contribution < -0.4 is 5.32 Å². The van der Waals surface area contributed by atoms with Gasteiger partial charge in [-0.05, 0) is 54.1 Å². The van der Waals surface area contributed by atoms with Crippen LogP contribution in [0.3, 0.4) is 0 Å². The number of carbonyl (C=O) groups is 2. The van der Waals surface area contributed by atoms with Gasteiger partial charge in [-0.25, -0.2) is 4.39 Å². The minimum absolute atomic E-state index is 0.107. The van der Waals surface area contributed by atoms with Crippen molar-refractivity contribution in [3.05, 3.63) is 82.2 Å². The van der Waals surface area contributed by atoms with E-state index >= 15 is 0 Å². The molecule has 0 unspecified atom stereocenters. The van der Waals surface area contributed by atoms with Gasteiger partial charge in [0.15, 0.2) is 5.76 Å². The largest absolute Gasteiger partial charge is 0.459 e. The van der Waals surface area contributed by atoms with E-state index in [2.05, 4.69) is 5.32 Å². The molecule has 0 radical (unpaired) electrons. The lowest BCUT2D eigenvalue weighted by atomic mass is 9.95. The van der Waals surface area contributed by atoms with Gasteiger partial charge in [-0.2, -0.15) is 0 Å². The number of rotatable bonds is 5. The minimum Gasteiger partial charge on any atom is -0.459 e. The fourth-order valence-electron chi connectivity index (χ4n) is 3.62. The number of piperidine rings is 1. The van der Waals surface area contributed by atoms with Gasteiger partial charge in [0, 0.05) is 18.0 Å². The molecule has 3 heterocycles. The maximum Gasteiger partial charge on any atom is 0.289 e. The molecule has 7 heteroatoms. The standard InChI is InChI=1S/C22H21FN2O3S/c23-17-9-7-15(8-10-17)20(19-6-3-13-29-19)24-21(26)16-4-1-11-25(14-16)22(27)18-5-2-12-28-18/h2-3,5-10,12-13,16,20H,1,4,11,14H2,(H,24,26)/t16-,20-/m1/s1. The molecule has 0 spiro atoms. The average molecular weight is 412 g/mol. The summed E-state index contributed by atoms with van der Waals surface area (Å²) in [7, 11) is 0. The Bertz CT molecular complexity index is 955. The van der Waals surface area contributed by atoms with E-state index in [1.54, 1.807) is 29.2 Å². The summed E-state index contributed by atoms with van der Waals surface area (Å²) in [6.07, 6.45) is 2.94. The Morgan fingerprint density at radius 2 is 2.00 bits per heavy atom. The third-order valence-corrected chi connectivity index (χ3v) is 6.07. The van der Waals surface area contributed by atoms with Crippen LogP contribution in [0.2, 0.25) is 0 Å². The second-order valence-electron chi connectivity index (χ2n) is 7.08. The Kier molecular flexibility index (Phi) is 5.76. The highest BCUT2D eigenvalue weighted by atomic mass is 32.1. The summed E-state index contributed by atoms with van der Waals surface area (Å²) >= 11 is 1.54. The Balaban J connectivity index is 1.48. The second-order valence-corrected chi connectivity index (χ2v) is 8.06. The smallest absolute Gasteiger partial charge is 0.289 e. The average Bonchev–Trinajstić information content (AvgIpc) is 3.46. The molecule has 2 aromatic heterocycles. The maximum absolute atomic E-state index is 13.4. The van der Waals surface area contributed by atoms with E-state index in [-0.39, 0.29) is 35.4 Å². The lowest BCUT2D eigenvalue weighted by molar-refractivity contribution is -0.126. The molecular formula is C22H21FN2O3S. The van der Waals surface area contributed by atoms with E-state index in [4.69, 9.17) is 4.42 Å². The molecule has 2 atom stereocenters. The van der Waals surface area contributed by atoms with Crippen LogP contribution in [0.5, 0.6) is 0 Å². The number of thiophene rings is 1. The monoisotopic (exact) mass is 412 g/mol. The first-order valence-corrected chi connectivity index (χ1v) is 10.4. The Morgan fingerprint density at radius 1 is 1.17 bits per heavy atom. The van der Waals surface area contributed by atoms with Gasteiger partial charge in [-0.1, -0.05) is 18.2 Å². The van der Waals surface area contributed by atoms with E-state index in [0.29, 0.717) is 19.5 Å². The zero-order valence-electron chi connectivity index (χ0n) is 15.7. The lowest BCUT2D eigenvalue weighted by Crippen LogP contribution is -2.46. The molecule has 1 N–H and O–H groups in total. The van der Waals surface area contributed by atoms with Gasteiger partial charge in [0.2, 0.25) is 5.91 Å². The van der Waals surface area contributed by atoms with Crippen molar-refractivity contribution in [2.45, 2.75) is 18.9 Å². The fraction of sp³-hybridized carbons (Fsp3) is 0.273. The van der Waals surface area contributed by atoms with E-state index in [1.807, 2.05) is 17.5 Å². The molecule has 1 aliphatic rings. The third-order valence-electron chi connectivity index (χ3n) is 5.13. The summed E-state index contributed by atoms with van der Waals surface area (Å²) in [6.45, 7) is 0.960. The molecule has 0 saturated carbocycles. The molecule has 1 aromatic carbocycles. The first kappa shape index (κ1) is 19.4. The minimum atomic E-state index is -0.348. The molecular weight excluding hydrogens is 391 g/mol. The van der Waals surface area contributed by atoms with Crippen LogP contribution in [0.15, 0.2) is 64.6 Å². The number of benzene rings is 1. The Morgan fingerprint density at radius 3 is 2.69 bits per heavy atom. The van der Waals surface area contributed by atoms with Crippen molar-refractivity contribution in [1.82, 2.24) is 10.2 Å². The Hall–Kier alpha value is -2.93. The van der Waals surface area contributed by atoms with E-state index in [9.17, 15) is 14.0 Å². The normalized spacial score (nSPS) is 17.7. The highest BCUT2D eigenvalue weighted by molar-refractivity contribution is 7.10. The zero-order chi connectivity index (χ0) is 20.2. The molecule has 5 nitrogen and oxygen atoms in total. The van der Waals surface area contributed by atoms with E-state index in [0.717, 1.165) is 16.9 Å². The predicted octanol–water partition coefficient (Wildman–Crippen LogP) is 4.24. The predicted molar refractivity (Wildman–Crippen MR) is 108 cm³/mol. The summed E-state index contributed by atoms with van der Waals surface area (Å²) in [5, 5.41) is 5.05. The Labute approximate surface area is 172 Å².